The van der Waals surface area contributed by atoms with Crippen molar-refractivity contribution in [2.24, 2.45) is 0 Å². The van der Waals surface area contributed by atoms with Crippen LogP contribution in [0.4, 0.5) is 0 Å². The molecule has 0 amide bonds. The normalized spacial score (nSPS) is 17.0. The Kier molecular flexibility index (Phi) is 7.82. The number of ether oxygens (including phenoxy) is 1. The smallest absolute Gasteiger partial charge is 0.328 e. The lowest BCUT2D eigenvalue weighted by molar-refractivity contribution is -0.134. The van der Waals surface area contributed by atoms with Crippen LogP contribution in [-0.4, -0.2) is 57.5 Å². The first-order valence-electron chi connectivity index (χ1n) is 9.78. The second kappa shape index (κ2) is 10.8. The monoisotopic (exact) mass is 459 g/mol. The fraction of sp³-hybridized carbons (Fsp3) is 0.227. The van der Waals surface area contributed by atoms with Crippen LogP contribution in [0.1, 0.15) is 11.6 Å². The van der Waals surface area contributed by atoms with Crippen LogP contribution in [0, 0.1) is 0 Å². The summed E-state index contributed by atoms with van der Waals surface area (Å²) in [5, 5.41) is 19.6. The van der Waals surface area contributed by atoms with E-state index in [1.54, 1.807) is 16.7 Å². The zero-order valence-electron chi connectivity index (χ0n) is 16.9. The van der Waals surface area contributed by atoms with Gasteiger partial charge in [-0.3, -0.25) is 4.57 Å². The van der Waals surface area contributed by atoms with Crippen LogP contribution in [0.25, 0.3) is 11.0 Å². The van der Waals surface area contributed by atoms with Crippen molar-refractivity contribution in [1.82, 2.24) is 14.9 Å². The Hall–Kier alpha value is -3.40. The number of aliphatic carboxylic acids is 2. The van der Waals surface area contributed by atoms with E-state index >= 15 is 0 Å². The molecule has 3 aromatic rings. The number of H-pyrrole nitrogens is 1. The number of hydrogen-bond donors (Lipinski definition) is 4. The molecule has 0 aliphatic carbocycles. The van der Waals surface area contributed by atoms with Gasteiger partial charge in [-0.2, -0.15) is 0 Å². The van der Waals surface area contributed by atoms with Gasteiger partial charge >= 0.3 is 17.6 Å². The third-order valence-corrected chi connectivity index (χ3v) is 5.01. The van der Waals surface area contributed by atoms with Crippen molar-refractivity contribution < 1.29 is 24.5 Å². The largest absolute Gasteiger partial charge is 0.478 e. The van der Waals surface area contributed by atoms with Crippen LogP contribution in [0.5, 0.6) is 0 Å². The maximum atomic E-state index is 12.7. The molecule has 4 rings (SSSR count). The van der Waals surface area contributed by atoms with Crippen molar-refractivity contribution >= 4 is 34.6 Å². The van der Waals surface area contributed by atoms with Crippen LogP contribution in [-0.2, 0) is 14.3 Å². The van der Waals surface area contributed by atoms with E-state index in [0.717, 1.165) is 23.1 Å². The van der Waals surface area contributed by atoms with Crippen molar-refractivity contribution in [3.63, 3.8) is 0 Å². The van der Waals surface area contributed by atoms with Gasteiger partial charge in [-0.1, -0.05) is 41.9 Å². The molecule has 32 heavy (non-hydrogen) atoms. The van der Waals surface area contributed by atoms with E-state index in [1.165, 1.54) is 0 Å². The Morgan fingerprint density at radius 3 is 2.41 bits per heavy atom. The first kappa shape index (κ1) is 23.3. The Bertz CT molecular complexity index is 1150. The van der Waals surface area contributed by atoms with Crippen molar-refractivity contribution in [2.75, 3.05) is 19.7 Å². The number of morpholine rings is 1. The number of carbonyl (C=O) groups is 2. The lowest BCUT2D eigenvalue weighted by Crippen LogP contribution is -2.45. The van der Waals surface area contributed by atoms with Gasteiger partial charge in [0.15, 0.2) is 0 Å². The van der Waals surface area contributed by atoms with Crippen LogP contribution in [0.3, 0.4) is 0 Å². The van der Waals surface area contributed by atoms with Crippen LogP contribution in [0.15, 0.2) is 65.5 Å². The standard InChI is InChI=1S/C18H18ClN3O2.C4H4O4/c19-13-6-7-15-14(10-13)21-18(23)22(15)17(12-4-2-1-3-5-12)16-11-20-8-9-24-16;5-3(6)1-2-4(7)8/h1-7,10,16-17,20H,8-9,11H2,(H,21,23);1-2H,(H,5,6)(H,7,8)/b;2-1-. The molecule has 0 saturated carbocycles. The van der Waals surface area contributed by atoms with Gasteiger partial charge in [0.05, 0.1) is 29.8 Å². The van der Waals surface area contributed by atoms with E-state index in [-0.39, 0.29) is 17.8 Å². The van der Waals surface area contributed by atoms with Crippen molar-refractivity contribution in [2.45, 2.75) is 12.1 Å². The van der Waals surface area contributed by atoms with Gasteiger partial charge in [-0.05, 0) is 23.8 Å². The number of carboxylic acid groups (broad SMARTS) is 2. The zero-order chi connectivity index (χ0) is 23.1. The number of nitrogens with one attached hydrogen (secondary N) is 2. The van der Waals surface area contributed by atoms with Crippen molar-refractivity contribution in [1.29, 1.82) is 0 Å². The number of hydrogen-bond acceptors (Lipinski definition) is 5. The molecule has 2 unspecified atom stereocenters. The quantitative estimate of drug-likeness (QED) is 0.430. The summed E-state index contributed by atoms with van der Waals surface area (Å²) in [4.78, 5) is 34.7. The number of aromatic nitrogens is 2. The predicted octanol–water partition coefficient (Wildman–Crippen LogP) is 2.27. The Morgan fingerprint density at radius 2 is 1.81 bits per heavy atom. The molecule has 168 valence electrons. The zero-order valence-corrected chi connectivity index (χ0v) is 17.7. The minimum Gasteiger partial charge on any atom is -0.478 e. The minimum atomic E-state index is -1.26. The van der Waals surface area contributed by atoms with Gasteiger partial charge < -0.3 is 25.3 Å². The number of carboxylic acids is 2. The van der Waals surface area contributed by atoms with E-state index in [2.05, 4.69) is 10.3 Å². The van der Waals surface area contributed by atoms with Gasteiger partial charge in [0.1, 0.15) is 0 Å². The predicted molar refractivity (Wildman–Crippen MR) is 119 cm³/mol. The molecule has 9 nitrogen and oxygen atoms in total. The van der Waals surface area contributed by atoms with Gasteiger partial charge in [0.2, 0.25) is 0 Å². The number of rotatable bonds is 5. The number of imidazole rings is 1. The second-order valence-electron chi connectivity index (χ2n) is 6.94. The summed E-state index contributed by atoms with van der Waals surface area (Å²) in [6.07, 6.45) is 0.999. The average molecular weight is 460 g/mol. The number of fused-ring (bicyclic) bond motifs is 1. The summed E-state index contributed by atoms with van der Waals surface area (Å²) < 4.78 is 7.76. The van der Waals surface area contributed by atoms with Crippen molar-refractivity contribution in [3.05, 3.63) is 81.8 Å². The summed E-state index contributed by atoms with van der Waals surface area (Å²) in [7, 11) is 0. The highest BCUT2D eigenvalue weighted by molar-refractivity contribution is 6.31. The molecular weight excluding hydrogens is 438 g/mol. The molecule has 0 radical (unpaired) electrons. The molecule has 1 aliphatic heterocycles. The number of halogens is 1. The summed E-state index contributed by atoms with van der Waals surface area (Å²) in [6, 6.07) is 15.2. The van der Waals surface area contributed by atoms with E-state index in [4.69, 9.17) is 26.6 Å². The fourth-order valence-corrected chi connectivity index (χ4v) is 3.66. The SMILES string of the molecule is O=C(O)/C=C\C(=O)O.O=c1[nH]c2cc(Cl)ccc2n1C(c1ccccc1)C1CNCCO1. The highest BCUT2D eigenvalue weighted by atomic mass is 35.5. The van der Waals surface area contributed by atoms with Gasteiger partial charge in [0, 0.05) is 30.3 Å². The molecule has 2 aromatic carbocycles. The summed E-state index contributed by atoms with van der Waals surface area (Å²) in [5.74, 6) is -2.51. The molecule has 2 atom stereocenters. The molecule has 0 spiro atoms. The van der Waals surface area contributed by atoms with E-state index in [0.29, 0.717) is 30.3 Å². The van der Waals surface area contributed by atoms with Crippen LogP contribution in [0.2, 0.25) is 5.02 Å². The number of aromatic amines is 1. The average Bonchev–Trinajstić information content (AvgIpc) is 3.09. The fourth-order valence-electron chi connectivity index (χ4n) is 3.49. The van der Waals surface area contributed by atoms with Gasteiger partial charge in [-0.25, -0.2) is 14.4 Å². The highest BCUT2D eigenvalue weighted by Gasteiger charge is 2.30. The molecule has 1 fully saturated rings. The van der Waals surface area contributed by atoms with Crippen LogP contribution >= 0.6 is 11.6 Å². The summed E-state index contributed by atoms with van der Waals surface area (Å²) in [5.41, 5.74) is 2.45. The number of nitrogens with zero attached hydrogens (tertiary/aromatic N) is 1. The summed E-state index contributed by atoms with van der Waals surface area (Å²) >= 11 is 6.06. The maximum absolute atomic E-state index is 12.7. The lowest BCUT2D eigenvalue weighted by atomic mass is 10.00. The molecule has 1 aromatic heterocycles. The highest BCUT2D eigenvalue weighted by Crippen LogP contribution is 2.28. The molecule has 1 saturated heterocycles. The van der Waals surface area contributed by atoms with E-state index < -0.39 is 11.9 Å². The molecule has 0 bridgehead atoms. The van der Waals surface area contributed by atoms with Gasteiger partial charge in [0.25, 0.3) is 0 Å². The number of benzene rings is 2. The molecule has 4 N–H and O–H groups in total. The minimum absolute atomic E-state index is 0.117. The Morgan fingerprint density at radius 1 is 1.12 bits per heavy atom. The first-order chi connectivity index (χ1) is 15.4. The molecular formula is C22H22ClN3O6. The van der Waals surface area contributed by atoms with E-state index in [1.807, 2.05) is 36.4 Å². The third-order valence-electron chi connectivity index (χ3n) is 4.77. The van der Waals surface area contributed by atoms with E-state index in [9.17, 15) is 14.4 Å². The molecule has 10 heteroatoms. The first-order valence-corrected chi connectivity index (χ1v) is 10.2. The Balaban J connectivity index is 0.000000312. The summed E-state index contributed by atoms with van der Waals surface area (Å²) in [6.45, 7) is 2.17. The third kappa shape index (κ3) is 5.85. The van der Waals surface area contributed by atoms with Crippen molar-refractivity contribution in [3.8, 4) is 0 Å². The lowest BCUT2D eigenvalue weighted by Gasteiger charge is -2.32. The second-order valence-corrected chi connectivity index (χ2v) is 7.38. The maximum Gasteiger partial charge on any atom is 0.328 e. The topological polar surface area (TPSA) is 134 Å². The Labute approximate surface area is 187 Å². The van der Waals surface area contributed by atoms with Crippen LogP contribution < -0.4 is 11.0 Å². The molecule has 1 aliphatic rings. The molecule has 2 heterocycles. The van der Waals surface area contributed by atoms with Gasteiger partial charge in [-0.15, -0.1) is 0 Å².